The number of β-amino-alcohol motifs (C(OH)–C–C–N with tert-alkyl or cyclic N) is 1. The molecule has 7 heteroatoms. The van der Waals surface area contributed by atoms with Crippen LogP contribution in [0.2, 0.25) is 5.02 Å². The molecule has 1 saturated heterocycles. The molecule has 128 valence electrons. The van der Waals surface area contributed by atoms with Crippen LogP contribution >= 0.6 is 23.8 Å². The molecule has 24 heavy (non-hydrogen) atoms. The zero-order valence-electron chi connectivity index (χ0n) is 13.4. The maximum Gasteiger partial charge on any atom is 0.199 e. The van der Waals surface area contributed by atoms with Gasteiger partial charge in [-0.3, -0.25) is 9.47 Å². The lowest BCUT2D eigenvalue weighted by Gasteiger charge is -2.29. The molecule has 1 N–H and O–H groups in total. The minimum absolute atomic E-state index is 0.265. The van der Waals surface area contributed by atoms with E-state index < -0.39 is 0 Å². The van der Waals surface area contributed by atoms with Crippen LogP contribution < -0.4 is 0 Å². The Morgan fingerprint density at radius 3 is 2.79 bits per heavy atom. The van der Waals surface area contributed by atoms with Crippen molar-refractivity contribution in [3.8, 4) is 11.4 Å². The number of likely N-dealkylation sites (tertiary alicyclic amines) is 1. The fourth-order valence-electron chi connectivity index (χ4n) is 2.99. The Kier molecular flexibility index (Phi) is 5.50. The van der Waals surface area contributed by atoms with E-state index in [9.17, 15) is 5.11 Å². The molecular weight excluding hydrogens is 344 g/mol. The average molecular weight is 365 g/mol. The molecule has 3 rings (SSSR count). The summed E-state index contributed by atoms with van der Waals surface area (Å²) < 4.78 is 4.44. The Balaban J connectivity index is 1.93. The van der Waals surface area contributed by atoms with Crippen LogP contribution in [0.4, 0.5) is 0 Å². The third kappa shape index (κ3) is 3.78. The first-order valence-electron chi connectivity index (χ1n) is 8.03. The molecule has 5 nitrogen and oxygen atoms in total. The van der Waals surface area contributed by atoms with Gasteiger partial charge >= 0.3 is 0 Å². The SMILES string of the molecule is C=CCn1c(-c2ccc(Cl)cc2)nn(CN2CCC[C@@H](O)C2)c1=S. The summed E-state index contributed by atoms with van der Waals surface area (Å²) >= 11 is 11.6. The molecular formula is C17H21ClN4OS. The molecule has 1 fully saturated rings. The van der Waals surface area contributed by atoms with E-state index in [-0.39, 0.29) is 6.10 Å². The van der Waals surface area contributed by atoms with Crippen LogP contribution in [0, 0.1) is 4.77 Å². The highest BCUT2D eigenvalue weighted by atomic mass is 35.5. The summed E-state index contributed by atoms with van der Waals surface area (Å²) in [4.78, 5) is 2.18. The van der Waals surface area contributed by atoms with E-state index in [1.165, 1.54) is 0 Å². The first-order chi connectivity index (χ1) is 11.6. The summed E-state index contributed by atoms with van der Waals surface area (Å²) in [5, 5.41) is 15.2. The van der Waals surface area contributed by atoms with Crippen LogP contribution in [0.5, 0.6) is 0 Å². The molecule has 1 aliphatic rings. The van der Waals surface area contributed by atoms with Crippen molar-refractivity contribution in [1.82, 2.24) is 19.2 Å². The van der Waals surface area contributed by atoms with E-state index in [1.54, 1.807) is 0 Å². The predicted octanol–water partition coefficient (Wildman–Crippen LogP) is 3.33. The second-order valence-electron chi connectivity index (χ2n) is 6.03. The van der Waals surface area contributed by atoms with Crippen molar-refractivity contribution in [1.29, 1.82) is 0 Å². The Morgan fingerprint density at radius 2 is 2.12 bits per heavy atom. The molecule has 0 amide bonds. The number of aliphatic hydroxyl groups excluding tert-OH is 1. The summed E-state index contributed by atoms with van der Waals surface area (Å²) in [5.74, 6) is 0.800. The molecule has 2 aromatic rings. The summed E-state index contributed by atoms with van der Waals surface area (Å²) in [6.45, 7) is 6.60. The molecule has 1 atom stereocenters. The first kappa shape index (κ1) is 17.4. The number of hydrogen-bond acceptors (Lipinski definition) is 4. The van der Waals surface area contributed by atoms with E-state index >= 15 is 0 Å². The van der Waals surface area contributed by atoms with Gasteiger partial charge in [0, 0.05) is 30.2 Å². The molecule has 0 aliphatic carbocycles. The van der Waals surface area contributed by atoms with Crippen LogP contribution in [-0.4, -0.2) is 43.5 Å². The lowest BCUT2D eigenvalue weighted by Crippen LogP contribution is -2.39. The van der Waals surface area contributed by atoms with Gasteiger partial charge in [-0.2, -0.15) is 5.10 Å². The number of halogens is 1. The van der Waals surface area contributed by atoms with Crippen LogP contribution in [0.3, 0.4) is 0 Å². The Labute approximate surface area is 151 Å². The highest BCUT2D eigenvalue weighted by Crippen LogP contribution is 2.21. The third-order valence-electron chi connectivity index (χ3n) is 4.15. The van der Waals surface area contributed by atoms with Crippen LogP contribution in [0.15, 0.2) is 36.9 Å². The topological polar surface area (TPSA) is 46.2 Å². The smallest absolute Gasteiger partial charge is 0.199 e. The summed E-state index contributed by atoms with van der Waals surface area (Å²) in [7, 11) is 0. The predicted molar refractivity (Wildman–Crippen MR) is 98.5 cm³/mol. The van der Waals surface area contributed by atoms with Crippen molar-refractivity contribution in [3.05, 3.63) is 46.7 Å². The largest absolute Gasteiger partial charge is 0.392 e. The molecule has 1 aromatic heterocycles. The Morgan fingerprint density at radius 1 is 1.38 bits per heavy atom. The second-order valence-corrected chi connectivity index (χ2v) is 6.83. The van der Waals surface area contributed by atoms with E-state index in [4.69, 9.17) is 28.9 Å². The van der Waals surface area contributed by atoms with Gasteiger partial charge in [0.2, 0.25) is 0 Å². The first-order valence-corrected chi connectivity index (χ1v) is 8.82. The van der Waals surface area contributed by atoms with E-state index in [0.29, 0.717) is 29.6 Å². The van der Waals surface area contributed by atoms with Crippen molar-refractivity contribution in [2.45, 2.75) is 32.2 Å². The lowest BCUT2D eigenvalue weighted by atomic mass is 10.1. The molecule has 0 bridgehead atoms. The fourth-order valence-corrected chi connectivity index (χ4v) is 3.37. The van der Waals surface area contributed by atoms with Gasteiger partial charge in [0.05, 0.1) is 12.8 Å². The number of aliphatic hydroxyl groups is 1. The number of nitrogens with zero attached hydrogens (tertiary/aromatic N) is 4. The number of aromatic nitrogens is 3. The van der Waals surface area contributed by atoms with Gasteiger partial charge in [-0.1, -0.05) is 17.7 Å². The van der Waals surface area contributed by atoms with E-state index in [2.05, 4.69) is 11.5 Å². The zero-order valence-corrected chi connectivity index (χ0v) is 15.0. The lowest BCUT2D eigenvalue weighted by molar-refractivity contribution is 0.0513. The van der Waals surface area contributed by atoms with Crippen LogP contribution in [0.1, 0.15) is 12.8 Å². The number of allylic oxidation sites excluding steroid dienone is 1. The van der Waals surface area contributed by atoms with E-state index in [1.807, 2.05) is 39.6 Å². The molecule has 2 heterocycles. The van der Waals surface area contributed by atoms with E-state index in [0.717, 1.165) is 30.8 Å². The number of benzene rings is 1. The molecule has 1 aliphatic heterocycles. The molecule has 0 radical (unpaired) electrons. The fraction of sp³-hybridized carbons (Fsp3) is 0.412. The van der Waals surface area contributed by atoms with Crippen molar-refractivity contribution in [3.63, 3.8) is 0 Å². The molecule has 0 spiro atoms. The number of hydrogen-bond donors (Lipinski definition) is 1. The van der Waals surface area contributed by atoms with Gasteiger partial charge in [0.1, 0.15) is 0 Å². The summed E-state index contributed by atoms with van der Waals surface area (Å²) in [6.07, 6.45) is 3.40. The van der Waals surface area contributed by atoms with Crippen molar-refractivity contribution in [2.75, 3.05) is 13.1 Å². The number of rotatable bonds is 5. The second kappa shape index (κ2) is 7.61. The van der Waals surface area contributed by atoms with Crippen molar-refractivity contribution in [2.24, 2.45) is 0 Å². The molecule has 0 saturated carbocycles. The van der Waals surface area contributed by atoms with Crippen LogP contribution in [0.25, 0.3) is 11.4 Å². The van der Waals surface area contributed by atoms with Crippen molar-refractivity contribution >= 4 is 23.8 Å². The highest BCUT2D eigenvalue weighted by molar-refractivity contribution is 7.71. The summed E-state index contributed by atoms with van der Waals surface area (Å²) in [6, 6.07) is 7.57. The minimum Gasteiger partial charge on any atom is -0.392 e. The van der Waals surface area contributed by atoms with Gasteiger partial charge in [0.15, 0.2) is 10.6 Å². The van der Waals surface area contributed by atoms with Crippen molar-refractivity contribution < 1.29 is 5.11 Å². The normalized spacial score (nSPS) is 18.7. The Hall–Kier alpha value is -1.47. The Bertz CT molecular complexity index is 768. The quantitative estimate of drug-likeness (QED) is 0.653. The zero-order chi connectivity index (χ0) is 17.1. The maximum atomic E-state index is 9.85. The monoisotopic (exact) mass is 364 g/mol. The third-order valence-corrected chi connectivity index (χ3v) is 4.83. The van der Waals surface area contributed by atoms with Crippen LogP contribution in [-0.2, 0) is 13.2 Å². The van der Waals surface area contributed by atoms with Gasteiger partial charge < -0.3 is 5.11 Å². The van der Waals surface area contributed by atoms with Gasteiger partial charge in [0.25, 0.3) is 0 Å². The standard InChI is InChI=1S/C17H21ClN4OS/c1-2-9-21-16(13-5-7-14(18)8-6-13)19-22(17(21)24)12-20-10-3-4-15(23)11-20/h2,5-8,15,23H,1,3-4,9-12H2/t15-/m1/s1. The maximum absolute atomic E-state index is 9.85. The number of piperidine rings is 1. The molecule has 0 unspecified atom stereocenters. The highest BCUT2D eigenvalue weighted by Gasteiger charge is 2.20. The summed E-state index contributed by atoms with van der Waals surface area (Å²) in [5.41, 5.74) is 0.963. The molecule has 1 aromatic carbocycles. The van der Waals surface area contributed by atoms with Gasteiger partial charge in [-0.25, -0.2) is 4.68 Å². The van der Waals surface area contributed by atoms with Gasteiger partial charge in [-0.05, 0) is 49.3 Å². The minimum atomic E-state index is -0.265. The average Bonchev–Trinajstić information content (AvgIpc) is 2.86. The van der Waals surface area contributed by atoms with Gasteiger partial charge in [-0.15, -0.1) is 6.58 Å².